The molecule has 2 aromatic rings. The van der Waals surface area contributed by atoms with Crippen molar-refractivity contribution in [3.63, 3.8) is 0 Å². The first-order chi connectivity index (χ1) is 14.0. The van der Waals surface area contributed by atoms with E-state index in [1.807, 2.05) is 0 Å². The summed E-state index contributed by atoms with van der Waals surface area (Å²) in [5.74, 6) is -1.01. The fourth-order valence-corrected chi connectivity index (χ4v) is 4.15. The van der Waals surface area contributed by atoms with E-state index in [2.05, 4.69) is 10.3 Å². The molecule has 0 aliphatic heterocycles. The first-order valence-corrected chi connectivity index (χ1v) is 9.92. The molecule has 1 atom stereocenters. The second-order valence-corrected chi connectivity index (χ2v) is 8.01. The van der Waals surface area contributed by atoms with Gasteiger partial charge < -0.3 is 10.4 Å². The van der Waals surface area contributed by atoms with Gasteiger partial charge in [0.15, 0.2) is 0 Å². The summed E-state index contributed by atoms with van der Waals surface area (Å²) in [6.45, 7) is 0. The van der Waals surface area contributed by atoms with E-state index in [0.717, 1.165) is 6.20 Å². The van der Waals surface area contributed by atoms with Crippen LogP contribution in [0.4, 0.5) is 17.6 Å². The van der Waals surface area contributed by atoms with Crippen LogP contribution in [0, 0.1) is 0 Å². The van der Waals surface area contributed by atoms with Gasteiger partial charge in [-0.25, -0.2) is 9.37 Å². The molecule has 1 aliphatic carbocycles. The van der Waals surface area contributed by atoms with Crippen LogP contribution in [0.2, 0.25) is 10.0 Å². The predicted molar refractivity (Wildman–Crippen MR) is 104 cm³/mol. The molecular formula is C20H18Cl2F4N2O2. The van der Waals surface area contributed by atoms with Crippen molar-refractivity contribution in [2.24, 2.45) is 0 Å². The molecule has 0 bridgehead atoms. The average Bonchev–Trinajstić information content (AvgIpc) is 2.68. The molecule has 1 unspecified atom stereocenters. The first-order valence-electron chi connectivity index (χ1n) is 9.16. The third-order valence-corrected chi connectivity index (χ3v) is 5.95. The highest BCUT2D eigenvalue weighted by Gasteiger charge is 2.43. The van der Waals surface area contributed by atoms with E-state index in [1.54, 1.807) is 24.3 Å². The zero-order valence-corrected chi connectivity index (χ0v) is 17.0. The van der Waals surface area contributed by atoms with Crippen molar-refractivity contribution in [2.75, 3.05) is 0 Å². The number of benzene rings is 1. The number of halogens is 6. The highest BCUT2D eigenvalue weighted by atomic mass is 35.5. The second-order valence-electron chi connectivity index (χ2n) is 7.23. The van der Waals surface area contributed by atoms with Crippen LogP contribution in [0.15, 0.2) is 36.5 Å². The molecule has 2 N–H and O–H groups in total. The minimum absolute atomic E-state index is 0.0358. The summed E-state index contributed by atoms with van der Waals surface area (Å²) in [6, 6.07) is 5.99. The van der Waals surface area contributed by atoms with Crippen molar-refractivity contribution in [3.05, 3.63) is 63.4 Å². The lowest BCUT2D eigenvalue weighted by Crippen LogP contribution is -2.48. The molecule has 4 nitrogen and oxygen atoms in total. The van der Waals surface area contributed by atoms with Crippen LogP contribution in [0.3, 0.4) is 0 Å². The Morgan fingerprint density at radius 1 is 1.20 bits per heavy atom. The molecule has 0 spiro atoms. The standard InChI is InChI=1S/C20H18Cl2F4N2O2/c21-14-4-2-1-3-12(14)17(19(30)8-5-11(23)6-9-19)28-18(29)16-15(22)13(7-10-27-16)20(24,25)26/h1-4,7,10-11,17,30H,5-6,8-9H2,(H,28,29)/t11-,17?,19+. The molecule has 30 heavy (non-hydrogen) atoms. The highest BCUT2D eigenvalue weighted by Crippen LogP contribution is 2.42. The van der Waals surface area contributed by atoms with Crippen LogP contribution in [-0.2, 0) is 6.18 Å². The van der Waals surface area contributed by atoms with Crippen molar-refractivity contribution in [1.29, 1.82) is 0 Å². The van der Waals surface area contributed by atoms with Gasteiger partial charge in [-0.2, -0.15) is 13.2 Å². The molecule has 10 heteroatoms. The van der Waals surface area contributed by atoms with Crippen LogP contribution in [0.25, 0.3) is 0 Å². The lowest BCUT2D eigenvalue weighted by Gasteiger charge is -2.41. The fourth-order valence-electron chi connectivity index (χ4n) is 3.60. The van der Waals surface area contributed by atoms with Gasteiger partial charge in [-0.15, -0.1) is 0 Å². The summed E-state index contributed by atoms with van der Waals surface area (Å²) >= 11 is 12.1. The molecule has 162 valence electrons. The Labute approximate surface area is 180 Å². The lowest BCUT2D eigenvalue weighted by molar-refractivity contribution is -0.137. The van der Waals surface area contributed by atoms with Crippen molar-refractivity contribution >= 4 is 29.1 Å². The van der Waals surface area contributed by atoms with Crippen LogP contribution in [-0.4, -0.2) is 27.8 Å². The van der Waals surface area contributed by atoms with E-state index in [-0.39, 0.29) is 30.7 Å². The second kappa shape index (κ2) is 8.69. The van der Waals surface area contributed by atoms with Gasteiger partial charge in [-0.1, -0.05) is 41.4 Å². The van der Waals surface area contributed by atoms with Crippen molar-refractivity contribution in [2.45, 2.75) is 49.7 Å². The van der Waals surface area contributed by atoms with E-state index in [1.165, 1.54) is 0 Å². The number of hydrogen-bond acceptors (Lipinski definition) is 3. The monoisotopic (exact) mass is 464 g/mol. The molecule has 0 radical (unpaired) electrons. The molecule has 1 heterocycles. The summed E-state index contributed by atoms with van der Waals surface area (Å²) < 4.78 is 53.0. The molecule has 1 fully saturated rings. The summed E-state index contributed by atoms with van der Waals surface area (Å²) in [5, 5.41) is 13.1. The van der Waals surface area contributed by atoms with Gasteiger partial charge in [0.1, 0.15) is 11.9 Å². The van der Waals surface area contributed by atoms with E-state index < -0.39 is 46.2 Å². The molecule has 1 aromatic carbocycles. The zero-order valence-electron chi connectivity index (χ0n) is 15.5. The molecule has 0 saturated heterocycles. The molecule has 1 aliphatic rings. The number of amides is 1. The largest absolute Gasteiger partial charge is 0.417 e. The topological polar surface area (TPSA) is 62.2 Å². The SMILES string of the molecule is O=C(NC(c1ccccc1Cl)[C@]1(O)CC[C@@H](F)CC1)c1nccc(C(F)(F)F)c1Cl. The number of alkyl halides is 4. The summed E-state index contributed by atoms with van der Waals surface area (Å²) in [7, 11) is 0. The van der Waals surface area contributed by atoms with Crippen molar-refractivity contribution < 1.29 is 27.5 Å². The lowest BCUT2D eigenvalue weighted by atomic mass is 9.76. The zero-order chi connectivity index (χ0) is 22.1. The third-order valence-electron chi connectivity index (χ3n) is 5.22. The maximum Gasteiger partial charge on any atom is 0.417 e. The fraction of sp³-hybridized carbons (Fsp3) is 0.400. The minimum Gasteiger partial charge on any atom is -0.387 e. The van der Waals surface area contributed by atoms with Crippen molar-refractivity contribution in [1.82, 2.24) is 10.3 Å². The van der Waals surface area contributed by atoms with Gasteiger partial charge >= 0.3 is 6.18 Å². The predicted octanol–water partition coefficient (Wildman–Crippen LogP) is 5.52. The molecule has 3 rings (SSSR count). The highest BCUT2D eigenvalue weighted by molar-refractivity contribution is 6.34. The quantitative estimate of drug-likeness (QED) is 0.585. The molecule has 1 amide bonds. The summed E-state index contributed by atoms with van der Waals surface area (Å²) in [4.78, 5) is 16.5. The van der Waals surface area contributed by atoms with E-state index in [4.69, 9.17) is 23.2 Å². The average molecular weight is 465 g/mol. The van der Waals surface area contributed by atoms with Gasteiger partial charge in [-0.3, -0.25) is 4.79 Å². The number of aliphatic hydroxyl groups is 1. The number of nitrogens with one attached hydrogen (secondary N) is 1. The first kappa shape index (κ1) is 22.8. The molecular weight excluding hydrogens is 447 g/mol. The van der Waals surface area contributed by atoms with Crippen LogP contribution in [0.5, 0.6) is 0 Å². The van der Waals surface area contributed by atoms with Gasteiger partial charge in [0.05, 0.1) is 22.2 Å². The smallest absolute Gasteiger partial charge is 0.387 e. The van der Waals surface area contributed by atoms with Crippen LogP contribution in [0.1, 0.15) is 53.3 Å². The maximum absolute atomic E-state index is 13.7. The Balaban J connectivity index is 1.98. The Bertz CT molecular complexity index is 931. The van der Waals surface area contributed by atoms with Crippen molar-refractivity contribution in [3.8, 4) is 0 Å². The van der Waals surface area contributed by atoms with Gasteiger partial charge in [-0.05, 0) is 43.4 Å². The Morgan fingerprint density at radius 3 is 2.43 bits per heavy atom. The number of carbonyl (C=O) groups excluding carboxylic acids is 1. The number of hydrogen-bond donors (Lipinski definition) is 2. The number of aromatic nitrogens is 1. The van der Waals surface area contributed by atoms with Crippen LogP contribution < -0.4 is 5.32 Å². The number of nitrogens with zero attached hydrogens (tertiary/aromatic N) is 1. The maximum atomic E-state index is 13.7. The van der Waals surface area contributed by atoms with Crippen LogP contribution >= 0.6 is 23.2 Å². The molecule has 1 saturated carbocycles. The number of carbonyl (C=O) groups is 1. The summed E-state index contributed by atoms with van der Waals surface area (Å²) in [5.41, 5.74) is -3.02. The number of pyridine rings is 1. The van der Waals surface area contributed by atoms with E-state index in [0.29, 0.717) is 11.6 Å². The van der Waals surface area contributed by atoms with Gasteiger partial charge in [0.25, 0.3) is 5.91 Å². The van der Waals surface area contributed by atoms with Gasteiger partial charge in [0.2, 0.25) is 0 Å². The Morgan fingerprint density at radius 2 is 1.83 bits per heavy atom. The number of rotatable bonds is 4. The Hall–Kier alpha value is -1.90. The van der Waals surface area contributed by atoms with E-state index >= 15 is 0 Å². The Kier molecular flexibility index (Phi) is 6.60. The van der Waals surface area contributed by atoms with E-state index in [9.17, 15) is 27.5 Å². The minimum atomic E-state index is -4.77. The molecule has 1 aromatic heterocycles. The van der Waals surface area contributed by atoms with Gasteiger partial charge in [0, 0.05) is 11.2 Å². The summed E-state index contributed by atoms with van der Waals surface area (Å²) in [6.07, 6.45) is -4.78. The normalized spacial score (nSPS) is 23.1. The third kappa shape index (κ3) is 4.71.